The molecule has 0 amide bonds. The molecule has 1 fully saturated rings. The highest BCUT2D eigenvalue weighted by atomic mass is 35.5. The third-order valence-electron chi connectivity index (χ3n) is 2.04. The quantitative estimate of drug-likeness (QED) is 0.666. The number of likely N-dealkylation sites (tertiary alicyclic amines) is 1. The first kappa shape index (κ1) is 11.5. The Morgan fingerprint density at radius 1 is 1.67 bits per heavy atom. The molecule has 1 aliphatic heterocycles. The normalized spacial score (nSPS) is 24.2. The van der Waals surface area contributed by atoms with Crippen molar-refractivity contribution in [3.8, 4) is 0 Å². The average molecular weight is 192 g/mol. The maximum atomic E-state index is 10.2. The number of carboxylic acids is 1. The fourth-order valence-electron chi connectivity index (χ4n) is 1.37. The topological polar surface area (TPSA) is 40.5 Å². The molecule has 1 aliphatic rings. The zero-order valence-electron chi connectivity index (χ0n) is 7.06. The van der Waals surface area contributed by atoms with E-state index in [4.69, 9.17) is 5.11 Å². The summed E-state index contributed by atoms with van der Waals surface area (Å²) in [7, 11) is 2.02. The number of carboxylic acid groups (broad SMARTS) is 1. The van der Waals surface area contributed by atoms with Crippen LogP contribution in [0.4, 0.5) is 0 Å². The highest BCUT2D eigenvalue weighted by Gasteiger charge is 2.17. The van der Waals surface area contributed by atoms with E-state index in [1.54, 1.807) is 6.08 Å². The van der Waals surface area contributed by atoms with Crippen molar-refractivity contribution in [1.82, 2.24) is 4.90 Å². The minimum Gasteiger partial charge on any atom is -0.478 e. The first-order valence-corrected chi connectivity index (χ1v) is 3.81. The van der Waals surface area contributed by atoms with Crippen LogP contribution in [0.5, 0.6) is 0 Å². The Morgan fingerprint density at radius 3 is 2.75 bits per heavy atom. The standard InChI is InChI=1S/C8H13NO2.ClH/c1-9-6-2-3-7(9)4-5-8(10)11;/h4-5,7H,2-3,6H2,1H3,(H,10,11);1H/b5-4+;/t7-;/m0./s1. The van der Waals surface area contributed by atoms with Crippen LogP contribution < -0.4 is 0 Å². The highest BCUT2D eigenvalue weighted by Crippen LogP contribution is 2.15. The molecule has 12 heavy (non-hydrogen) atoms. The Bertz CT molecular complexity index is 182. The molecule has 1 heterocycles. The monoisotopic (exact) mass is 191 g/mol. The van der Waals surface area contributed by atoms with Gasteiger partial charge in [-0.3, -0.25) is 4.90 Å². The van der Waals surface area contributed by atoms with Crippen molar-refractivity contribution in [1.29, 1.82) is 0 Å². The number of halogens is 1. The van der Waals surface area contributed by atoms with Crippen molar-refractivity contribution in [3.63, 3.8) is 0 Å². The number of nitrogens with zero attached hydrogens (tertiary/aromatic N) is 1. The second-order valence-electron chi connectivity index (χ2n) is 2.89. The molecule has 0 saturated carbocycles. The van der Waals surface area contributed by atoms with Gasteiger partial charge in [-0.2, -0.15) is 0 Å². The van der Waals surface area contributed by atoms with Gasteiger partial charge in [0.15, 0.2) is 0 Å². The van der Waals surface area contributed by atoms with E-state index in [2.05, 4.69) is 4.90 Å². The molecule has 0 aliphatic carbocycles. The third kappa shape index (κ3) is 3.24. The van der Waals surface area contributed by atoms with E-state index in [0.29, 0.717) is 6.04 Å². The van der Waals surface area contributed by atoms with Crippen LogP contribution >= 0.6 is 12.4 Å². The van der Waals surface area contributed by atoms with Crippen molar-refractivity contribution in [3.05, 3.63) is 12.2 Å². The predicted octanol–water partition coefficient (Wildman–Crippen LogP) is 1.14. The number of hydrogen-bond acceptors (Lipinski definition) is 2. The summed E-state index contributed by atoms with van der Waals surface area (Å²) >= 11 is 0. The zero-order valence-corrected chi connectivity index (χ0v) is 7.88. The van der Waals surface area contributed by atoms with Gasteiger partial charge >= 0.3 is 5.97 Å². The first-order chi connectivity index (χ1) is 5.20. The SMILES string of the molecule is CN1CCC[C@H]1/C=C/C(=O)O.Cl. The van der Waals surface area contributed by atoms with E-state index in [1.807, 2.05) is 7.05 Å². The summed E-state index contributed by atoms with van der Waals surface area (Å²) < 4.78 is 0. The molecule has 0 aromatic carbocycles. The molecule has 1 saturated heterocycles. The molecule has 70 valence electrons. The van der Waals surface area contributed by atoms with Crippen molar-refractivity contribution >= 4 is 18.4 Å². The molecule has 0 spiro atoms. The Hall–Kier alpha value is -0.540. The smallest absolute Gasteiger partial charge is 0.328 e. The average Bonchev–Trinajstić information content (AvgIpc) is 2.31. The Kier molecular flexibility index (Phi) is 4.93. The van der Waals surface area contributed by atoms with E-state index in [-0.39, 0.29) is 12.4 Å². The van der Waals surface area contributed by atoms with Crippen molar-refractivity contribution in [2.45, 2.75) is 18.9 Å². The number of carbonyl (C=O) groups is 1. The summed E-state index contributed by atoms with van der Waals surface area (Å²) in [4.78, 5) is 12.3. The minimum atomic E-state index is -0.856. The summed E-state index contributed by atoms with van der Waals surface area (Å²) in [5, 5.41) is 8.35. The molecule has 0 radical (unpaired) electrons. The van der Waals surface area contributed by atoms with Crippen LogP contribution in [0.1, 0.15) is 12.8 Å². The summed E-state index contributed by atoms with van der Waals surface area (Å²) in [6, 6.07) is 0.339. The molecule has 0 aromatic heterocycles. The summed E-state index contributed by atoms with van der Waals surface area (Å²) in [6.45, 7) is 1.08. The van der Waals surface area contributed by atoms with Gasteiger partial charge in [-0.15, -0.1) is 12.4 Å². The van der Waals surface area contributed by atoms with Gasteiger partial charge in [-0.05, 0) is 26.4 Å². The molecule has 0 unspecified atom stereocenters. The lowest BCUT2D eigenvalue weighted by Crippen LogP contribution is -2.22. The zero-order chi connectivity index (χ0) is 8.27. The molecule has 4 heteroatoms. The van der Waals surface area contributed by atoms with Crippen LogP contribution in [-0.2, 0) is 4.79 Å². The summed E-state index contributed by atoms with van der Waals surface area (Å²) in [5.74, 6) is -0.856. The Balaban J connectivity index is 0.00000121. The fourth-order valence-corrected chi connectivity index (χ4v) is 1.37. The van der Waals surface area contributed by atoms with Gasteiger partial charge in [0.1, 0.15) is 0 Å². The molecule has 0 bridgehead atoms. The van der Waals surface area contributed by atoms with Crippen molar-refractivity contribution in [2.24, 2.45) is 0 Å². The van der Waals surface area contributed by atoms with Gasteiger partial charge in [-0.1, -0.05) is 6.08 Å². The second-order valence-corrected chi connectivity index (χ2v) is 2.89. The molecule has 0 aromatic rings. The lowest BCUT2D eigenvalue weighted by molar-refractivity contribution is -0.131. The van der Waals surface area contributed by atoms with E-state index >= 15 is 0 Å². The molecule has 1 N–H and O–H groups in total. The van der Waals surface area contributed by atoms with Crippen molar-refractivity contribution in [2.75, 3.05) is 13.6 Å². The fraction of sp³-hybridized carbons (Fsp3) is 0.625. The maximum absolute atomic E-state index is 10.2. The highest BCUT2D eigenvalue weighted by molar-refractivity contribution is 5.85. The molecular formula is C8H14ClNO2. The Morgan fingerprint density at radius 2 is 2.33 bits per heavy atom. The van der Waals surface area contributed by atoms with E-state index < -0.39 is 5.97 Å². The van der Waals surface area contributed by atoms with Gasteiger partial charge in [0, 0.05) is 12.1 Å². The van der Waals surface area contributed by atoms with Crippen LogP contribution in [0.15, 0.2) is 12.2 Å². The summed E-state index contributed by atoms with van der Waals surface area (Å²) in [6.07, 6.45) is 5.24. The third-order valence-corrected chi connectivity index (χ3v) is 2.04. The van der Waals surface area contributed by atoms with Crippen molar-refractivity contribution < 1.29 is 9.90 Å². The van der Waals surface area contributed by atoms with Gasteiger partial charge < -0.3 is 5.11 Å². The minimum absolute atomic E-state index is 0. The number of rotatable bonds is 2. The maximum Gasteiger partial charge on any atom is 0.328 e. The Labute approximate surface area is 78.5 Å². The number of hydrogen-bond donors (Lipinski definition) is 1. The number of aliphatic carboxylic acids is 1. The van der Waals surface area contributed by atoms with Crippen LogP contribution in [-0.4, -0.2) is 35.6 Å². The molecule has 1 atom stereocenters. The first-order valence-electron chi connectivity index (χ1n) is 3.81. The van der Waals surface area contributed by atoms with Crippen LogP contribution in [0, 0.1) is 0 Å². The molecule has 1 rings (SSSR count). The van der Waals surface area contributed by atoms with Gasteiger partial charge in [0.25, 0.3) is 0 Å². The van der Waals surface area contributed by atoms with E-state index in [9.17, 15) is 4.79 Å². The second kappa shape index (κ2) is 5.17. The summed E-state index contributed by atoms with van der Waals surface area (Å²) in [5.41, 5.74) is 0. The van der Waals surface area contributed by atoms with E-state index in [0.717, 1.165) is 13.0 Å². The van der Waals surface area contributed by atoms with Gasteiger partial charge in [0.2, 0.25) is 0 Å². The van der Waals surface area contributed by atoms with Crippen LogP contribution in [0.3, 0.4) is 0 Å². The molecule has 3 nitrogen and oxygen atoms in total. The van der Waals surface area contributed by atoms with E-state index in [1.165, 1.54) is 12.5 Å². The lowest BCUT2D eigenvalue weighted by Gasteiger charge is -2.14. The molecular weight excluding hydrogens is 178 g/mol. The largest absolute Gasteiger partial charge is 0.478 e. The van der Waals surface area contributed by atoms with Crippen LogP contribution in [0.25, 0.3) is 0 Å². The lowest BCUT2D eigenvalue weighted by atomic mass is 10.2. The van der Waals surface area contributed by atoms with Crippen LogP contribution in [0.2, 0.25) is 0 Å². The number of likely N-dealkylation sites (N-methyl/N-ethyl adjacent to an activating group) is 1. The van der Waals surface area contributed by atoms with Gasteiger partial charge in [0.05, 0.1) is 0 Å². The predicted molar refractivity (Wildman–Crippen MR) is 49.7 cm³/mol. The van der Waals surface area contributed by atoms with Gasteiger partial charge in [-0.25, -0.2) is 4.79 Å².